The van der Waals surface area contributed by atoms with Crippen LogP contribution in [0.3, 0.4) is 0 Å². The summed E-state index contributed by atoms with van der Waals surface area (Å²) in [5.74, 6) is 0.753. The van der Waals surface area contributed by atoms with E-state index in [0.29, 0.717) is 0 Å². The summed E-state index contributed by atoms with van der Waals surface area (Å²) in [6.07, 6.45) is 5.72. The molecule has 104 valence electrons. The standard InChI is InChI=1S/C16H23NOS/c1-3-4-13-5-8-16(11-17,9-6-13)15(18)14-12(2)7-10-19-14/h7,10,13,15,18H,3-6,8-9H2,1-2H3. The Hall–Kier alpha value is -0.850. The van der Waals surface area contributed by atoms with E-state index in [1.54, 1.807) is 11.3 Å². The fourth-order valence-electron chi connectivity index (χ4n) is 3.25. The number of nitrogens with zero attached hydrogens (tertiary/aromatic N) is 1. The van der Waals surface area contributed by atoms with Gasteiger partial charge in [-0.25, -0.2) is 0 Å². The van der Waals surface area contributed by atoms with Crippen molar-refractivity contribution >= 4 is 11.3 Å². The van der Waals surface area contributed by atoms with Crippen molar-refractivity contribution < 1.29 is 5.11 Å². The minimum Gasteiger partial charge on any atom is -0.386 e. The maximum Gasteiger partial charge on any atom is 0.107 e. The van der Waals surface area contributed by atoms with E-state index in [0.717, 1.165) is 42.0 Å². The second-order valence-corrected chi connectivity index (χ2v) is 6.82. The van der Waals surface area contributed by atoms with Crippen molar-refractivity contribution in [3.05, 3.63) is 21.9 Å². The van der Waals surface area contributed by atoms with Crippen molar-refractivity contribution in [1.82, 2.24) is 0 Å². The van der Waals surface area contributed by atoms with E-state index in [4.69, 9.17) is 0 Å². The van der Waals surface area contributed by atoms with E-state index in [1.165, 1.54) is 12.8 Å². The summed E-state index contributed by atoms with van der Waals surface area (Å²) in [5.41, 5.74) is 0.558. The number of aliphatic hydroxyl groups excluding tert-OH is 1. The van der Waals surface area contributed by atoms with Crippen LogP contribution in [0, 0.1) is 29.6 Å². The minimum atomic E-state index is -0.611. The first-order valence-electron chi connectivity index (χ1n) is 7.26. The molecule has 1 heterocycles. The number of aliphatic hydroxyl groups is 1. The summed E-state index contributed by atoms with van der Waals surface area (Å²) in [5, 5.41) is 22.3. The summed E-state index contributed by atoms with van der Waals surface area (Å²) in [6, 6.07) is 4.48. The molecule has 3 heteroatoms. The van der Waals surface area contributed by atoms with E-state index in [9.17, 15) is 10.4 Å². The minimum absolute atomic E-state index is 0.556. The molecular formula is C16H23NOS. The van der Waals surface area contributed by atoms with Gasteiger partial charge in [-0.05, 0) is 55.5 Å². The predicted octanol–water partition coefficient (Wildman–Crippen LogP) is 4.59. The largest absolute Gasteiger partial charge is 0.386 e. The second kappa shape index (κ2) is 6.07. The first kappa shape index (κ1) is 14.6. The third-order valence-electron chi connectivity index (χ3n) is 4.59. The van der Waals surface area contributed by atoms with Crippen molar-refractivity contribution in [3.63, 3.8) is 0 Å². The second-order valence-electron chi connectivity index (χ2n) is 5.87. The Kier molecular flexibility index (Phi) is 4.65. The molecule has 1 fully saturated rings. The van der Waals surface area contributed by atoms with Crippen LogP contribution in [0.15, 0.2) is 11.4 Å². The SMILES string of the molecule is CCCC1CCC(C#N)(C(O)c2sccc2C)CC1. The molecule has 1 N–H and O–H groups in total. The first-order valence-corrected chi connectivity index (χ1v) is 8.14. The van der Waals surface area contributed by atoms with E-state index in [1.807, 2.05) is 18.4 Å². The van der Waals surface area contributed by atoms with Crippen molar-refractivity contribution in [2.24, 2.45) is 11.3 Å². The zero-order valence-corrected chi connectivity index (χ0v) is 12.7. The Balaban J connectivity index is 2.13. The van der Waals surface area contributed by atoms with Crippen molar-refractivity contribution in [1.29, 1.82) is 5.26 Å². The summed E-state index contributed by atoms with van der Waals surface area (Å²) >= 11 is 1.58. The smallest absolute Gasteiger partial charge is 0.107 e. The van der Waals surface area contributed by atoms with Gasteiger partial charge in [0, 0.05) is 4.88 Å². The average Bonchev–Trinajstić information content (AvgIpc) is 2.85. The highest BCUT2D eigenvalue weighted by atomic mass is 32.1. The van der Waals surface area contributed by atoms with Gasteiger partial charge in [0.05, 0.1) is 11.5 Å². The molecule has 2 nitrogen and oxygen atoms in total. The van der Waals surface area contributed by atoms with Crippen LogP contribution in [0.2, 0.25) is 0 Å². The van der Waals surface area contributed by atoms with Crippen molar-refractivity contribution in [2.45, 2.75) is 58.5 Å². The summed E-state index contributed by atoms with van der Waals surface area (Å²) in [4.78, 5) is 0.982. The summed E-state index contributed by atoms with van der Waals surface area (Å²) in [6.45, 7) is 4.23. The molecule has 0 saturated heterocycles. The molecule has 1 aromatic rings. The first-order chi connectivity index (χ1) is 9.13. The monoisotopic (exact) mass is 277 g/mol. The molecule has 0 spiro atoms. The molecule has 0 aromatic carbocycles. The highest BCUT2D eigenvalue weighted by molar-refractivity contribution is 7.10. The zero-order valence-electron chi connectivity index (χ0n) is 11.9. The van der Waals surface area contributed by atoms with Crippen LogP contribution in [-0.4, -0.2) is 5.11 Å². The molecule has 1 atom stereocenters. The molecule has 0 aliphatic heterocycles. The Morgan fingerprint density at radius 3 is 2.68 bits per heavy atom. The van der Waals surface area contributed by atoms with Crippen LogP contribution in [0.25, 0.3) is 0 Å². The lowest BCUT2D eigenvalue weighted by atomic mass is 9.67. The molecule has 0 bridgehead atoms. The molecule has 1 aliphatic carbocycles. The molecule has 0 radical (unpaired) electrons. The number of aryl methyl sites for hydroxylation is 1. The number of nitriles is 1. The van der Waals surface area contributed by atoms with Crippen molar-refractivity contribution in [2.75, 3.05) is 0 Å². The van der Waals surface area contributed by atoms with Gasteiger partial charge in [-0.2, -0.15) is 5.26 Å². The number of hydrogen-bond donors (Lipinski definition) is 1. The lowest BCUT2D eigenvalue weighted by molar-refractivity contribution is 0.0257. The van der Waals surface area contributed by atoms with Crippen molar-refractivity contribution in [3.8, 4) is 6.07 Å². The average molecular weight is 277 g/mol. The van der Waals surface area contributed by atoms with Gasteiger partial charge in [-0.3, -0.25) is 0 Å². The predicted molar refractivity (Wildman–Crippen MR) is 78.9 cm³/mol. The van der Waals surface area contributed by atoms with Gasteiger partial charge in [0.15, 0.2) is 0 Å². The fourth-order valence-corrected chi connectivity index (χ4v) is 4.28. The van der Waals surface area contributed by atoms with Crippen LogP contribution in [0.1, 0.15) is 62.0 Å². The number of hydrogen-bond acceptors (Lipinski definition) is 3. The molecule has 1 unspecified atom stereocenters. The topological polar surface area (TPSA) is 44.0 Å². The van der Waals surface area contributed by atoms with Gasteiger partial charge in [-0.15, -0.1) is 11.3 Å². The Morgan fingerprint density at radius 1 is 1.53 bits per heavy atom. The Labute approximate surface area is 120 Å². The molecule has 2 rings (SSSR count). The molecule has 19 heavy (non-hydrogen) atoms. The van der Waals surface area contributed by atoms with E-state index < -0.39 is 11.5 Å². The van der Waals surface area contributed by atoms with Gasteiger partial charge in [0.1, 0.15) is 6.10 Å². The molecular weight excluding hydrogens is 254 g/mol. The third-order valence-corrected chi connectivity index (χ3v) is 5.66. The Morgan fingerprint density at radius 2 is 2.21 bits per heavy atom. The molecule has 1 aliphatic rings. The van der Waals surface area contributed by atoms with Crippen LogP contribution in [-0.2, 0) is 0 Å². The maximum absolute atomic E-state index is 10.7. The Bertz CT molecular complexity index is 452. The molecule has 1 aromatic heterocycles. The van der Waals surface area contributed by atoms with Gasteiger partial charge in [0.25, 0.3) is 0 Å². The third kappa shape index (κ3) is 2.85. The van der Waals surface area contributed by atoms with E-state index in [-0.39, 0.29) is 0 Å². The number of thiophene rings is 1. The van der Waals surface area contributed by atoms with Crippen LogP contribution in [0.5, 0.6) is 0 Å². The van der Waals surface area contributed by atoms with Gasteiger partial charge < -0.3 is 5.11 Å². The van der Waals surface area contributed by atoms with Gasteiger partial charge in [-0.1, -0.05) is 19.8 Å². The lowest BCUT2D eigenvalue weighted by Gasteiger charge is -2.38. The van der Waals surface area contributed by atoms with Gasteiger partial charge >= 0.3 is 0 Å². The summed E-state index contributed by atoms with van der Waals surface area (Å²) in [7, 11) is 0. The number of rotatable bonds is 4. The highest BCUT2D eigenvalue weighted by Gasteiger charge is 2.43. The van der Waals surface area contributed by atoms with E-state index >= 15 is 0 Å². The van der Waals surface area contributed by atoms with Gasteiger partial charge in [0.2, 0.25) is 0 Å². The normalized spacial score (nSPS) is 28.8. The lowest BCUT2D eigenvalue weighted by Crippen LogP contribution is -2.32. The molecule has 0 amide bonds. The van der Waals surface area contributed by atoms with Crippen LogP contribution < -0.4 is 0 Å². The fraction of sp³-hybridized carbons (Fsp3) is 0.688. The zero-order chi connectivity index (χ0) is 13.9. The van der Waals surface area contributed by atoms with E-state index in [2.05, 4.69) is 13.0 Å². The quantitative estimate of drug-likeness (QED) is 0.874. The highest BCUT2D eigenvalue weighted by Crippen LogP contribution is 2.49. The molecule has 1 saturated carbocycles. The van der Waals surface area contributed by atoms with Crippen LogP contribution in [0.4, 0.5) is 0 Å². The summed E-state index contributed by atoms with van der Waals surface area (Å²) < 4.78 is 0. The maximum atomic E-state index is 10.7. The van der Waals surface area contributed by atoms with Crippen LogP contribution >= 0.6 is 11.3 Å².